The van der Waals surface area contributed by atoms with Gasteiger partial charge in [-0.1, -0.05) is 106 Å². The lowest BCUT2D eigenvalue weighted by Crippen LogP contribution is -2.50. The SMILES string of the molecule is CC[C@H](c1ccccc1)N1Cc2cc3c(cc2C[C@H]1C(=O)OC1C[C@H](C)CC[C@H]1C(C)C)N(C)C(=O)[C@@H](c1ccc(OCc2ccc(Cl)c(Cl)c2)cc1)O3. The number of nitrogens with zero attached hydrogens (tertiary/aromatic N) is 2. The van der Waals surface area contributed by atoms with Crippen LogP contribution in [0.3, 0.4) is 0 Å². The molecule has 284 valence electrons. The molecule has 6 atom stereocenters. The number of fused-ring (bicyclic) bond motifs is 2. The third kappa shape index (κ3) is 8.00. The molecule has 4 aromatic carbocycles. The summed E-state index contributed by atoms with van der Waals surface area (Å²) in [6, 6.07) is 26.9. The van der Waals surface area contributed by atoms with Gasteiger partial charge in [-0.3, -0.25) is 14.5 Å². The van der Waals surface area contributed by atoms with Gasteiger partial charge in [0.25, 0.3) is 5.91 Å². The Balaban J connectivity index is 1.14. The summed E-state index contributed by atoms with van der Waals surface area (Å²) in [5.41, 5.74) is 5.64. The Hall–Kier alpha value is -4.04. The van der Waals surface area contributed by atoms with Crippen molar-refractivity contribution in [1.82, 2.24) is 4.90 Å². The van der Waals surface area contributed by atoms with Gasteiger partial charge in [0.1, 0.15) is 30.3 Å². The maximum Gasteiger partial charge on any atom is 0.324 e. The predicted molar refractivity (Wildman–Crippen MR) is 214 cm³/mol. The Morgan fingerprint density at radius 1 is 0.944 bits per heavy atom. The van der Waals surface area contributed by atoms with Crippen LogP contribution in [0.1, 0.15) is 93.3 Å². The molecule has 2 heterocycles. The van der Waals surface area contributed by atoms with Crippen molar-refractivity contribution >= 4 is 40.8 Å². The molecule has 0 saturated heterocycles. The molecule has 0 radical (unpaired) electrons. The lowest BCUT2D eigenvalue weighted by atomic mass is 9.75. The molecule has 0 aromatic heterocycles. The maximum absolute atomic E-state index is 14.4. The second-order valence-electron chi connectivity index (χ2n) is 15.6. The van der Waals surface area contributed by atoms with Crippen LogP contribution >= 0.6 is 23.2 Å². The van der Waals surface area contributed by atoms with Gasteiger partial charge in [-0.2, -0.15) is 0 Å². The number of halogens is 2. The van der Waals surface area contributed by atoms with Gasteiger partial charge in [-0.25, -0.2) is 0 Å². The number of anilines is 1. The van der Waals surface area contributed by atoms with E-state index in [1.807, 2.05) is 42.5 Å². The van der Waals surface area contributed by atoms with Crippen molar-refractivity contribution in [1.29, 1.82) is 0 Å². The molecule has 0 N–H and O–H groups in total. The van der Waals surface area contributed by atoms with E-state index in [1.54, 1.807) is 24.1 Å². The summed E-state index contributed by atoms with van der Waals surface area (Å²) in [5.74, 6) is 2.32. The standard InChI is InChI=1S/C45H50Cl2N2O5/c1-6-38(30-10-8-7-9-11-30)49-25-33-24-42-39(22-32(33)23-40(49)45(51)54-41-20-28(4)12-18-35(41)27(2)3)48(5)44(50)43(53-42)31-14-16-34(17-15-31)52-26-29-13-19-36(46)37(47)21-29/h7-11,13-17,19,21-22,24,27-28,35,38,40-41,43H,6,12,18,20,23,25-26H2,1-5H3/t28-,35+,38-,40+,41?,43-/m1/s1. The van der Waals surface area contributed by atoms with E-state index in [9.17, 15) is 9.59 Å². The van der Waals surface area contributed by atoms with Gasteiger partial charge in [0.2, 0.25) is 6.10 Å². The molecule has 1 fully saturated rings. The number of hydrogen-bond donors (Lipinski definition) is 0. The van der Waals surface area contributed by atoms with Gasteiger partial charge in [-0.15, -0.1) is 0 Å². The molecule has 1 unspecified atom stereocenters. The molecule has 1 aliphatic carbocycles. The van der Waals surface area contributed by atoms with E-state index in [0.717, 1.165) is 41.5 Å². The number of carbonyl (C=O) groups excluding carboxylic acids is 2. The minimum absolute atomic E-state index is 0.0226. The third-order valence-corrected chi connectivity index (χ3v) is 12.4. The first kappa shape index (κ1) is 38.2. The van der Waals surface area contributed by atoms with Crippen LogP contribution in [-0.4, -0.2) is 36.0 Å². The largest absolute Gasteiger partial charge is 0.489 e. The summed E-state index contributed by atoms with van der Waals surface area (Å²) in [6.45, 7) is 9.81. The van der Waals surface area contributed by atoms with Gasteiger partial charge < -0.3 is 19.1 Å². The topological polar surface area (TPSA) is 68.3 Å². The van der Waals surface area contributed by atoms with Crippen LogP contribution < -0.4 is 14.4 Å². The van der Waals surface area contributed by atoms with Crippen molar-refractivity contribution in [3.05, 3.63) is 123 Å². The van der Waals surface area contributed by atoms with E-state index in [-0.39, 0.29) is 24.0 Å². The first-order chi connectivity index (χ1) is 26.0. The Kier molecular flexibility index (Phi) is 11.6. The number of benzene rings is 4. The summed E-state index contributed by atoms with van der Waals surface area (Å²) < 4.78 is 19.0. The highest BCUT2D eigenvalue weighted by Crippen LogP contribution is 2.44. The van der Waals surface area contributed by atoms with E-state index in [2.05, 4.69) is 62.9 Å². The van der Waals surface area contributed by atoms with Crippen LogP contribution in [0, 0.1) is 17.8 Å². The van der Waals surface area contributed by atoms with Crippen molar-refractivity contribution in [3.63, 3.8) is 0 Å². The Labute approximate surface area is 329 Å². The van der Waals surface area contributed by atoms with Gasteiger partial charge in [0.15, 0.2) is 0 Å². The molecule has 4 aromatic rings. The average Bonchev–Trinajstić information content (AvgIpc) is 3.16. The molecule has 0 spiro atoms. The molecule has 1 saturated carbocycles. The summed E-state index contributed by atoms with van der Waals surface area (Å²) in [7, 11) is 1.79. The number of hydrogen-bond acceptors (Lipinski definition) is 6. The van der Waals surface area contributed by atoms with Crippen molar-refractivity contribution in [3.8, 4) is 11.5 Å². The third-order valence-electron chi connectivity index (χ3n) is 11.7. The molecule has 54 heavy (non-hydrogen) atoms. The summed E-state index contributed by atoms with van der Waals surface area (Å²) in [6.07, 6.45) is 3.60. The Bertz CT molecular complexity index is 1970. The number of amides is 1. The van der Waals surface area contributed by atoms with Crippen LogP contribution in [0.2, 0.25) is 10.0 Å². The second kappa shape index (κ2) is 16.4. The van der Waals surface area contributed by atoms with Crippen LogP contribution in [0.5, 0.6) is 11.5 Å². The fourth-order valence-electron chi connectivity index (χ4n) is 8.56. The lowest BCUT2D eigenvalue weighted by molar-refractivity contribution is -0.164. The first-order valence-corrected chi connectivity index (χ1v) is 20.0. The van der Waals surface area contributed by atoms with E-state index >= 15 is 0 Å². The number of likely N-dealkylation sites (N-methyl/N-ethyl adjacent to an activating group) is 1. The molecule has 7 nitrogen and oxygen atoms in total. The number of ether oxygens (including phenoxy) is 3. The van der Waals surface area contributed by atoms with E-state index in [4.69, 9.17) is 37.4 Å². The normalized spacial score (nSPS) is 23.3. The zero-order chi connectivity index (χ0) is 38.1. The van der Waals surface area contributed by atoms with Crippen LogP contribution in [0.15, 0.2) is 84.9 Å². The number of carbonyl (C=O) groups is 2. The highest BCUT2D eigenvalue weighted by Gasteiger charge is 2.42. The van der Waals surface area contributed by atoms with E-state index in [1.165, 1.54) is 12.0 Å². The number of esters is 1. The minimum atomic E-state index is -0.813. The first-order valence-electron chi connectivity index (χ1n) is 19.3. The Morgan fingerprint density at radius 2 is 1.70 bits per heavy atom. The maximum atomic E-state index is 14.4. The van der Waals surface area contributed by atoms with Gasteiger partial charge in [0.05, 0.1) is 15.7 Å². The van der Waals surface area contributed by atoms with Crippen molar-refractivity contribution in [2.24, 2.45) is 17.8 Å². The summed E-state index contributed by atoms with van der Waals surface area (Å²) >= 11 is 12.2. The van der Waals surface area contributed by atoms with Crippen molar-refractivity contribution in [2.75, 3.05) is 11.9 Å². The average molecular weight is 770 g/mol. The van der Waals surface area contributed by atoms with Gasteiger partial charge in [-0.05, 0) is 102 Å². The fourth-order valence-corrected chi connectivity index (χ4v) is 8.88. The Morgan fingerprint density at radius 3 is 2.41 bits per heavy atom. The number of rotatable bonds is 10. The molecule has 9 heteroatoms. The molecular formula is C45H50Cl2N2O5. The molecule has 7 rings (SSSR count). The quantitative estimate of drug-likeness (QED) is 0.150. The molecule has 1 amide bonds. The monoisotopic (exact) mass is 768 g/mol. The van der Waals surface area contributed by atoms with Crippen molar-refractivity contribution in [2.45, 2.75) is 97.2 Å². The fraction of sp³-hybridized carbons (Fsp3) is 0.422. The second-order valence-corrected chi connectivity index (χ2v) is 16.4. The predicted octanol–water partition coefficient (Wildman–Crippen LogP) is 10.6. The summed E-state index contributed by atoms with van der Waals surface area (Å²) in [4.78, 5) is 32.2. The van der Waals surface area contributed by atoms with Gasteiger partial charge >= 0.3 is 5.97 Å². The highest BCUT2D eigenvalue weighted by atomic mass is 35.5. The van der Waals surface area contributed by atoms with Crippen LogP contribution in [0.4, 0.5) is 5.69 Å². The van der Waals surface area contributed by atoms with E-state index in [0.29, 0.717) is 64.6 Å². The smallest absolute Gasteiger partial charge is 0.324 e. The summed E-state index contributed by atoms with van der Waals surface area (Å²) in [5, 5.41) is 0.976. The van der Waals surface area contributed by atoms with Crippen LogP contribution in [0.25, 0.3) is 0 Å². The van der Waals surface area contributed by atoms with Gasteiger partial charge in [0, 0.05) is 25.2 Å². The minimum Gasteiger partial charge on any atom is -0.489 e. The molecule has 0 bridgehead atoms. The van der Waals surface area contributed by atoms with E-state index < -0.39 is 12.1 Å². The zero-order valence-electron chi connectivity index (χ0n) is 31.8. The van der Waals surface area contributed by atoms with Crippen molar-refractivity contribution < 1.29 is 23.8 Å². The van der Waals surface area contributed by atoms with Crippen LogP contribution in [-0.2, 0) is 33.9 Å². The lowest BCUT2D eigenvalue weighted by Gasteiger charge is -2.43. The molecule has 2 aliphatic heterocycles. The highest BCUT2D eigenvalue weighted by molar-refractivity contribution is 6.42. The molecular weight excluding hydrogens is 719 g/mol. The molecule has 3 aliphatic rings. The zero-order valence-corrected chi connectivity index (χ0v) is 33.3.